The lowest BCUT2D eigenvalue weighted by Crippen LogP contribution is -2.03. The maximum Gasteiger partial charge on any atom is 0.339 e. The topological polar surface area (TPSA) is 55.1 Å². The van der Waals surface area contributed by atoms with E-state index in [1.165, 1.54) is 10.9 Å². The largest absolute Gasteiger partial charge is 0.478 e. The Morgan fingerprint density at radius 2 is 2.12 bits per heavy atom. The highest BCUT2D eigenvalue weighted by Gasteiger charge is 2.16. The van der Waals surface area contributed by atoms with Crippen LogP contribution in [-0.2, 0) is 0 Å². The Morgan fingerprint density at radius 1 is 1.41 bits per heavy atom. The molecule has 0 radical (unpaired) electrons. The lowest BCUT2D eigenvalue weighted by Gasteiger charge is -2.07. The second kappa shape index (κ2) is 4.39. The monoisotopic (exact) mass is 270 g/mol. The molecule has 4 nitrogen and oxygen atoms in total. The van der Waals surface area contributed by atoms with E-state index in [-0.39, 0.29) is 5.56 Å². The molecule has 2 aromatic rings. The van der Waals surface area contributed by atoms with Gasteiger partial charge in [0.1, 0.15) is 5.56 Å². The van der Waals surface area contributed by atoms with Crippen LogP contribution in [0.3, 0.4) is 0 Å². The highest BCUT2D eigenvalue weighted by Crippen LogP contribution is 2.29. The number of halogens is 2. The molecule has 1 N–H and O–H groups in total. The van der Waals surface area contributed by atoms with Crippen LogP contribution in [-0.4, -0.2) is 20.9 Å². The van der Waals surface area contributed by atoms with Crippen LogP contribution in [0.1, 0.15) is 16.1 Å². The number of hydrogen-bond donors (Lipinski definition) is 1. The molecule has 0 unspecified atom stereocenters. The molecule has 1 aromatic heterocycles. The Hall–Kier alpha value is -1.52. The quantitative estimate of drug-likeness (QED) is 0.912. The molecule has 0 aliphatic heterocycles. The number of nitrogens with zero attached hydrogens (tertiary/aromatic N) is 2. The summed E-state index contributed by atoms with van der Waals surface area (Å²) in [5.74, 6) is -1.02. The molecule has 0 aliphatic rings. The molecule has 0 saturated heterocycles. The van der Waals surface area contributed by atoms with Crippen molar-refractivity contribution in [2.45, 2.75) is 6.92 Å². The zero-order chi connectivity index (χ0) is 12.6. The molecule has 0 amide bonds. The van der Waals surface area contributed by atoms with Crippen molar-refractivity contribution in [3.8, 4) is 5.69 Å². The maximum atomic E-state index is 10.9. The maximum absolute atomic E-state index is 10.9. The minimum Gasteiger partial charge on any atom is -0.478 e. The first-order chi connectivity index (χ1) is 8.02. The van der Waals surface area contributed by atoms with E-state index in [1.807, 2.05) is 0 Å². The molecule has 88 valence electrons. The third-order valence-electron chi connectivity index (χ3n) is 2.40. The first-order valence-corrected chi connectivity index (χ1v) is 5.50. The predicted molar refractivity (Wildman–Crippen MR) is 65.3 cm³/mol. The fourth-order valence-electron chi connectivity index (χ4n) is 1.52. The number of carbonyl (C=O) groups is 1. The summed E-state index contributed by atoms with van der Waals surface area (Å²) in [4.78, 5) is 10.9. The summed E-state index contributed by atoms with van der Waals surface area (Å²) >= 11 is 11.9. The molecule has 0 atom stereocenters. The van der Waals surface area contributed by atoms with Crippen LogP contribution in [0.15, 0.2) is 24.4 Å². The molecule has 0 saturated carbocycles. The van der Waals surface area contributed by atoms with Gasteiger partial charge in [-0.1, -0.05) is 29.3 Å². The van der Waals surface area contributed by atoms with Gasteiger partial charge in [0.15, 0.2) is 0 Å². The molecule has 1 heterocycles. The van der Waals surface area contributed by atoms with Gasteiger partial charge in [-0.2, -0.15) is 5.10 Å². The van der Waals surface area contributed by atoms with Crippen molar-refractivity contribution in [1.82, 2.24) is 9.78 Å². The lowest BCUT2D eigenvalue weighted by molar-refractivity contribution is 0.0696. The SMILES string of the molecule is Cc1c(C(=O)O)cnn1-c1cccc(Cl)c1Cl. The molecular formula is C11H8Cl2N2O2. The standard InChI is InChI=1S/C11H8Cl2N2O2/c1-6-7(11(16)17)5-14-15(6)9-4-2-3-8(12)10(9)13/h2-5H,1H3,(H,16,17). The van der Waals surface area contributed by atoms with Crippen molar-refractivity contribution in [2.75, 3.05) is 0 Å². The summed E-state index contributed by atoms with van der Waals surface area (Å²) < 4.78 is 1.46. The van der Waals surface area contributed by atoms with Gasteiger partial charge >= 0.3 is 5.97 Å². The van der Waals surface area contributed by atoms with E-state index >= 15 is 0 Å². The normalized spacial score (nSPS) is 10.5. The summed E-state index contributed by atoms with van der Waals surface area (Å²) in [6, 6.07) is 5.11. The average molecular weight is 271 g/mol. The van der Waals surface area contributed by atoms with E-state index in [4.69, 9.17) is 28.3 Å². The Morgan fingerprint density at radius 3 is 2.71 bits per heavy atom. The minimum atomic E-state index is -1.02. The summed E-state index contributed by atoms with van der Waals surface area (Å²) in [6.45, 7) is 1.66. The Kier molecular flexibility index (Phi) is 3.09. The van der Waals surface area contributed by atoms with Crippen LogP contribution in [0, 0.1) is 6.92 Å². The van der Waals surface area contributed by atoms with E-state index in [0.29, 0.717) is 21.4 Å². The van der Waals surface area contributed by atoms with Crippen molar-refractivity contribution < 1.29 is 9.90 Å². The third kappa shape index (κ3) is 2.01. The van der Waals surface area contributed by atoms with Crippen LogP contribution in [0.5, 0.6) is 0 Å². The molecule has 0 aliphatic carbocycles. The summed E-state index contributed by atoms with van der Waals surface area (Å²) in [7, 11) is 0. The van der Waals surface area contributed by atoms with Crippen molar-refractivity contribution in [1.29, 1.82) is 0 Å². The van der Waals surface area contributed by atoms with Gasteiger partial charge < -0.3 is 5.11 Å². The van der Waals surface area contributed by atoms with Crippen LogP contribution in [0.2, 0.25) is 10.0 Å². The molecule has 6 heteroatoms. The second-order valence-electron chi connectivity index (χ2n) is 3.43. The van der Waals surface area contributed by atoms with Gasteiger partial charge in [-0.15, -0.1) is 0 Å². The number of aromatic nitrogens is 2. The number of benzene rings is 1. The molecule has 0 fully saturated rings. The highest BCUT2D eigenvalue weighted by molar-refractivity contribution is 6.43. The predicted octanol–water partition coefficient (Wildman–Crippen LogP) is 3.19. The zero-order valence-electron chi connectivity index (χ0n) is 8.82. The van der Waals surface area contributed by atoms with Crippen molar-refractivity contribution >= 4 is 29.2 Å². The Labute approximate surface area is 107 Å². The fourth-order valence-corrected chi connectivity index (χ4v) is 1.89. The van der Waals surface area contributed by atoms with Crippen molar-refractivity contribution in [3.05, 3.63) is 45.7 Å². The van der Waals surface area contributed by atoms with E-state index in [0.717, 1.165) is 0 Å². The average Bonchev–Trinajstić information content (AvgIpc) is 2.64. The molecule has 2 rings (SSSR count). The van der Waals surface area contributed by atoms with Gasteiger partial charge in [-0.25, -0.2) is 9.48 Å². The number of aromatic carboxylic acids is 1. The van der Waals surface area contributed by atoms with Crippen LogP contribution in [0.4, 0.5) is 0 Å². The summed E-state index contributed by atoms with van der Waals surface area (Å²) in [5.41, 5.74) is 1.20. The zero-order valence-corrected chi connectivity index (χ0v) is 10.3. The smallest absolute Gasteiger partial charge is 0.339 e. The first-order valence-electron chi connectivity index (χ1n) is 4.74. The minimum absolute atomic E-state index is 0.140. The van der Waals surface area contributed by atoms with E-state index in [9.17, 15) is 4.79 Å². The first kappa shape index (κ1) is 12.0. The van der Waals surface area contributed by atoms with Gasteiger partial charge in [0, 0.05) is 0 Å². The molecular weight excluding hydrogens is 263 g/mol. The molecule has 0 bridgehead atoms. The summed E-state index contributed by atoms with van der Waals surface area (Å²) in [6.07, 6.45) is 1.29. The number of carboxylic acids is 1. The Balaban J connectivity index is 2.62. The van der Waals surface area contributed by atoms with E-state index in [1.54, 1.807) is 25.1 Å². The Bertz CT molecular complexity index is 593. The van der Waals surface area contributed by atoms with Crippen LogP contribution in [0.25, 0.3) is 5.69 Å². The van der Waals surface area contributed by atoms with E-state index in [2.05, 4.69) is 5.10 Å². The van der Waals surface area contributed by atoms with Gasteiger partial charge in [-0.3, -0.25) is 0 Å². The number of carboxylic acid groups (broad SMARTS) is 1. The third-order valence-corrected chi connectivity index (χ3v) is 3.21. The molecule has 1 aromatic carbocycles. The fraction of sp³-hybridized carbons (Fsp3) is 0.0909. The van der Waals surface area contributed by atoms with Crippen molar-refractivity contribution in [2.24, 2.45) is 0 Å². The molecule has 17 heavy (non-hydrogen) atoms. The van der Waals surface area contributed by atoms with Gasteiger partial charge in [0.2, 0.25) is 0 Å². The van der Waals surface area contributed by atoms with Crippen molar-refractivity contribution in [3.63, 3.8) is 0 Å². The van der Waals surface area contributed by atoms with Gasteiger partial charge in [-0.05, 0) is 19.1 Å². The molecule has 0 spiro atoms. The van der Waals surface area contributed by atoms with Crippen LogP contribution >= 0.6 is 23.2 Å². The second-order valence-corrected chi connectivity index (χ2v) is 4.22. The number of rotatable bonds is 2. The van der Waals surface area contributed by atoms with Gasteiger partial charge in [0.05, 0.1) is 27.6 Å². The van der Waals surface area contributed by atoms with E-state index < -0.39 is 5.97 Å². The van der Waals surface area contributed by atoms with Crippen LogP contribution < -0.4 is 0 Å². The summed E-state index contributed by atoms with van der Waals surface area (Å²) in [5, 5.41) is 13.7. The lowest BCUT2D eigenvalue weighted by atomic mass is 10.2. The highest BCUT2D eigenvalue weighted by atomic mass is 35.5. The van der Waals surface area contributed by atoms with Gasteiger partial charge in [0.25, 0.3) is 0 Å². The number of hydrogen-bond acceptors (Lipinski definition) is 2.